The van der Waals surface area contributed by atoms with Crippen LogP contribution >= 0.6 is 0 Å². The molecule has 0 aliphatic carbocycles. The van der Waals surface area contributed by atoms with E-state index >= 15 is 0 Å². The largest absolute Gasteiger partial charge is 0.443 e. The average molecular weight is 437 g/mol. The molecular formula is C24H19N7O2. The molecular weight excluding hydrogens is 418 g/mol. The van der Waals surface area contributed by atoms with Gasteiger partial charge < -0.3 is 24.1 Å². The summed E-state index contributed by atoms with van der Waals surface area (Å²) >= 11 is 0. The van der Waals surface area contributed by atoms with Crippen molar-refractivity contribution in [2.24, 2.45) is 0 Å². The Morgan fingerprint density at radius 3 is 2.12 bits per heavy atom. The zero-order valence-electron chi connectivity index (χ0n) is 17.5. The molecule has 0 bridgehead atoms. The maximum Gasteiger partial charge on any atom is 0.182 e. The summed E-state index contributed by atoms with van der Waals surface area (Å²) in [6.45, 7) is 1.03. The van der Waals surface area contributed by atoms with Gasteiger partial charge in [0.15, 0.2) is 24.0 Å². The standard InChI is InChI=1S/C24H19N7O2/c1-2-17(26-7-1)24-27-9-19(31-24)16-6-4-14(21-23(16)33-12-30-21)13-3-5-15(18-8-25-10-28-18)22-20(13)29-11-32-22/h3-6,8-12,17,26H,1-2,7H2,(H,25,28)(H,27,31). The minimum Gasteiger partial charge on any atom is -0.443 e. The van der Waals surface area contributed by atoms with Crippen molar-refractivity contribution >= 4 is 22.2 Å². The van der Waals surface area contributed by atoms with Crippen LogP contribution < -0.4 is 5.32 Å². The molecule has 1 fully saturated rings. The van der Waals surface area contributed by atoms with Crippen LogP contribution in [0, 0.1) is 0 Å². The first kappa shape index (κ1) is 18.3. The summed E-state index contributed by atoms with van der Waals surface area (Å²) < 4.78 is 11.6. The number of benzene rings is 2. The highest BCUT2D eigenvalue weighted by atomic mass is 16.3. The van der Waals surface area contributed by atoms with Crippen LogP contribution in [0.4, 0.5) is 0 Å². The number of hydrogen-bond acceptors (Lipinski definition) is 7. The molecule has 0 spiro atoms. The molecule has 1 aliphatic heterocycles. The lowest BCUT2D eigenvalue weighted by molar-refractivity contribution is 0.602. The fourth-order valence-corrected chi connectivity index (χ4v) is 4.73. The van der Waals surface area contributed by atoms with Crippen LogP contribution in [0.3, 0.4) is 0 Å². The second kappa shape index (κ2) is 7.14. The molecule has 162 valence electrons. The summed E-state index contributed by atoms with van der Waals surface area (Å²) in [4.78, 5) is 24.4. The molecule has 1 atom stereocenters. The van der Waals surface area contributed by atoms with Crippen LogP contribution in [0.5, 0.6) is 0 Å². The van der Waals surface area contributed by atoms with Crippen LogP contribution in [-0.4, -0.2) is 36.4 Å². The molecule has 33 heavy (non-hydrogen) atoms. The Bertz CT molecular complexity index is 1590. The highest BCUT2D eigenvalue weighted by Crippen LogP contribution is 2.39. The number of nitrogens with zero attached hydrogens (tertiary/aromatic N) is 4. The summed E-state index contributed by atoms with van der Waals surface area (Å²) in [6, 6.07) is 8.40. The van der Waals surface area contributed by atoms with Gasteiger partial charge in [-0.2, -0.15) is 0 Å². The van der Waals surface area contributed by atoms with Gasteiger partial charge in [-0.15, -0.1) is 0 Å². The van der Waals surface area contributed by atoms with Gasteiger partial charge in [-0.1, -0.05) is 12.1 Å². The molecule has 0 saturated carbocycles. The smallest absolute Gasteiger partial charge is 0.182 e. The van der Waals surface area contributed by atoms with E-state index in [-0.39, 0.29) is 6.04 Å². The molecule has 6 aromatic rings. The van der Waals surface area contributed by atoms with Gasteiger partial charge in [0, 0.05) is 22.3 Å². The summed E-state index contributed by atoms with van der Waals surface area (Å²) in [6.07, 6.45) is 10.5. The Hall–Kier alpha value is -4.24. The molecule has 2 aromatic carbocycles. The van der Waals surface area contributed by atoms with Gasteiger partial charge >= 0.3 is 0 Å². The number of nitrogens with one attached hydrogen (secondary N) is 3. The molecule has 0 radical (unpaired) electrons. The van der Waals surface area contributed by atoms with Gasteiger partial charge in [0.25, 0.3) is 0 Å². The average Bonchev–Trinajstić information content (AvgIpc) is 3.68. The van der Waals surface area contributed by atoms with Crippen LogP contribution in [0.15, 0.2) is 64.6 Å². The molecule has 1 unspecified atom stereocenters. The lowest BCUT2D eigenvalue weighted by Gasteiger charge is -2.08. The van der Waals surface area contributed by atoms with E-state index in [0.717, 1.165) is 69.9 Å². The van der Waals surface area contributed by atoms with Gasteiger partial charge in [0.1, 0.15) is 16.9 Å². The first-order chi connectivity index (χ1) is 16.4. The molecule has 4 aromatic heterocycles. The van der Waals surface area contributed by atoms with Crippen molar-refractivity contribution < 1.29 is 8.83 Å². The Kier molecular flexibility index (Phi) is 3.97. The minimum absolute atomic E-state index is 0.275. The van der Waals surface area contributed by atoms with Gasteiger partial charge in [0.2, 0.25) is 0 Å². The van der Waals surface area contributed by atoms with E-state index in [9.17, 15) is 0 Å². The van der Waals surface area contributed by atoms with Gasteiger partial charge in [0.05, 0.1) is 36.2 Å². The van der Waals surface area contributed by atoms with Crippen molar-refractivity contribution in [2.75, 3.05) is 6.54 Å². The molecule has 9 heteroatoms. The van der Waals surface area contributed by atoms with Gasteiger partial charge in [-0.05, 0) is 31.5 Å². The third-order valence-electron chi connectivity index (χ3n) is 6.32. The fourth-order valence-electron chi connectivity index (χ4n) is 4.73. The topological polar surface area (TPSA) is 121 Å². The number of fused-ring (bicyclic) bond motifs is 2. The molecule has 0 amide bonds. The number of aromatic amines is 2. The number of rotatable bonds is 4. The Labute approximate surface area is 187 Å². The lowest BCUT2D eigenvalue weighted by Crippen LogP contribution is -2.14. The summed E-state index contributed by atoms with van der Waals surface area (Å²) in [7, 11) is 0. The minimum atomic E-state index is 0.275. The van der Waals surface area contributed by atoms with Crippen molar-refractivity contribution in [3.8, 4) is 33.6 Å². The Morgan fingerprint density at radius 2 is 1.48 bits per heavy atom. The van der Waals surface area contributed by atoms with Crippen molar-refractivity contribution in [3.05, 3.63) is 61.6 Å². The van der Waals surface area contributed by atoms with E-state index in [1.165, 1.54) is 12.8 Å². The van der Waals surface area contributed by atoms with E-state index in [4.69, 9.17) is 8.83 Å². The van der Waals surface area contributed by atoms with Crippen LogP contribution in [0.1, 0.15) is 24.7 Å². The molecule has 3 N–H and O–H groups in total. The van der Waals surface area contributed by atoms with Gasteiger partial charge in [-0.3, -0.25) is 0 Å². The first-order valence-corrected chi connectivity index (χ1v) is 10.9. The second-order valence-electron chi connectivity index (χ2n) is 8.18. The molecule has 9 nitrogen and oxygen atoms in total. The van der Waals surface area contributed by atoms with E-state index in [1.54, 1.807) is 12.5 Å². The van der Waals surface area contributed by atoms with Gasteiger partial charge in [-0.25, -0.2) is 19.9 Å². The lowest BCUT2D eigenvalue weighted by atomic mass is 9.98. The predicted molar refractivity (Wildman–Crippen MR) is 122 cm³/mol. The fraction of sp³-hybridized carbons (Fsp3) is 0.167. The summed E-state index contributed by atoms with van der Waals surface area (Å²) in [5.74, 6) is 0.956. The van der Waals surface area contributed by atoms with E-state index < -0.39 is 0 Å². The zero-order chi connectivity index (χ0) is 21.8. The van der Waals surface area contributed by atoms with Crippen molar-refractivity contribution in [1.29, 1.82) is 0 Å². The predicted octanol–water partition coefficient (Wildman–Crippen LogP) is 4.84. The summed E-state index contributed by atoms with van der Waals surface area (Å²) in [5.41, 5.74) is 8.39. The molecule has 1 aliphatic rings. The number of H-pyrrole nitrogens is 2. The van der Waals surface area contributed by atoms with Crippen LogP contribution in [-0.2, 0) is 0 Å². The Morgan fingerprint density at radius 1 is 0.788 bits per heavy atom. The molecule has 5 heterocycles. The summed E-state index contributed by atoms with van der Waals surface area (Å²) in [5, 5.41) is 3.48. The van der Waals surface area contributed by atoms with E-state index in [0.29, 0.717) is 11.2 Å². The van der Waals surface area contributed by atoms with Crippen LogP contribution in [0.25, 0.3) is 55.8 Å². The first-order valence-electron chi connectivity index (χ1n) is 10.9. The SMILES string of the molecule is c1ncc(-c2ccc(-c3ccc(-c4cnc(C5CCCN5)[nH]4)c4ocnc34)c3ncoc23)[nH]1. The normalized spacial score (nSPS) is 16.3. The highest BCUT2D eigenvalue weighted by molar-refractivity contribution is 6.06. The highest BCUT2D eigenvalue weighted by Gasteiger charge is 2.22. The number of aromatic nitrogens is 6. The monoisotopic (exact) mass is 437 g/mol. The number of oxazole rings is 2. The number of hydrogen-bond donors (Lipinski definition) is 3. The maximum absolute atomic E-state index is 5.84. The third-order valence-corrected chi connectivity index (χ3v) is 6.32. The van der Waals surface area contributed by atoms with E-state index in [1.807, 2.05) is 30.5 Å². The van der Waals surface area contributed by atoms with Crippen molar-refractivity contribution in [2.45, 2.75) is 18.9 Å². The maximum atomic E-state index is 5.84. The zero-order valence-corrected chi connectivity index (χ0v) is 17.5. The number of imidazole rings is 2. The third kappa shape index (κ3) is 2.82. The Balaban J connectivity index is 1.36. The quantitative estimate of drug-likeness (QED) is 0.361. The van der Waals surface area contributed by atoms with Crippen molar-refractivity contribution in [3.63, 3.8) is 0 Å². The molecule has 7 rings (SSSR count). The van der Waals surface area contributed by atoms with Crippen molar-refractivity contribution in [1.82, 2.24) is 35.2 Å². The molecule has 1 saturated heterocycles. The van der Waals surface area contributed by atoms with E-state index in [2.05, 4.69) is 35.2 Å². The van der Waals surface area contributed by atoms with Crippen LogP contribution in [0.2, 0.25) is 0 Å². The second-order valence-corrected chi connectivity index (χ2v) is 8.18.